The number of piperidine rings is 1. The first-order valence-corrected chi connectivity index (χ1v) is 11.5. The molecule has 176 valence electrons. The first-order chi connectivity index (χ1) is 16.4. The molecule has 0 radical (unpaired) electrons. The Kier molecular flexibility index (Phi) is 7.27. The summed E-state index contributed by atoms with van der Waals surface area (Å²) in [4.78, 5) is 21.6. The minimum absolute atomic E-state index is 0.0243. The summed E-state index contributed by atoms with van der Waals surface area (Å²) in [7, 11) is 0. The molecule has 8 nitrogen and oxygen atoms in total. The SMILES string of the molecule is Cc1c(Oc2ccc(C(=N)Sc3ccccc3)cc2F)ncnc1OC1CCN(C(=O)O)CC1. The number of amides is 1. The minimum atomic E-state index is -0.936. The minimum Gasteiger partial charge on any atom is -0.474 e. The maximum absolute atomic E-state index is 14.8. The fourth-order valence-corrected chi connectivity index (χ4v) is 4.23. The third-order valence-corrected chi connectivity index (χ3v) is 6.29. The Morgan fingerprint density at radius 1 is 1.15 bits per heavy atom. The summed E-state index contributed by atoms with van der Waals surface area (Å²) in [5.41, 5.74) is 0.953. The van der Waals surface area contributed by atoms with Crippen LogP contribution in [0.1, 0.15) is 24.0 Å². The van der Waals surface area contributed by atoms with Crippen LogP contribution in [0.5, 0.6) is 17.5 Å². The molecule has 2 aromatic carbocycles. The molecule has 3 aromatic rings. The molecule has 34 heavy (non-hydrogen) atoms. The van der Waals surface area contributed by atoms with Crippen molar-refractivity contribution in [2.45, 2.75) is 30.8 Å². The number of rotatable bonds is 6. The first kappa shape index (κ1) is 23.5. The van der Waals surface area contributed by atoms with Crippen LogP contribution in [0.15, 0.2) is 59.8 Å². The summed E-state index contributed by atoms with van der Waals surface area (Å²) in [6.45, 7) is 2.50. The summed E-state index contributed by atoms with van der Waals surface area (Å²) >= 11 is 1.24. The standard InChI is InChI=1S/C24H23FN4O4S/c1-15-22(32-17-9-11-29(12-10-17)24(30)31)27-14-28-23(15)33-20-8-7-16(13-19(20)25)21(26)34-18-5-3-2-4-6-18/h2-8,13-14,17,26H,9-12H2,1H3,(H,30,31). The maximum Gasteiger partial charge on any atom is 0.407 e. The Morgan fingerprint density at radius 3 is 2.53 bits per heavy atom. The number of nitrogens with one attached hydrogen (secondary N) is 1. The molecule has 0 spiro atoms. The first-order valence-electron chi connectivity index (χ1n) is 10.7. The van der Waals surface area contributed by atoms with Crippen molar-refractivity contribution in [1.29, 1.82) is 5.41 Å². The monoisotopic (exact) mass is 482 g/mol. The fourth-order valence-electron chi connectivity index (χ4n) is 3.46. The topological polar surface area (TPSA) is 109 Å². The predicted molar refractivity (Wildman–Crippen MR) is 126 cm³/mol. The average molecular weight is 483 g/mol. The van der Waals surface area contributed by atoms with Crippen LogP contribution in [0, 0.1) is 18.2 Å². The molecule has 0 unspecified atom stereocenters. The molecule has 0 bridgehead atoms. The van der Waals surface area contributed by atoms with Gasteiger partial charge in [-0.2, -0.15) is 0 Å². The zero-order valence-corrected chi connectivity index (χ0v) is 19.2. The molecule has 2 heterocycles. The largest absolute Gasteiger partial charge is 0.474 e. The number of benzene rings is 2. The van der Waals surface area contributed by atoms with Crippen LogP contribution in [0.2, 0.25) is 0 Å². The summed E-state index contributed by atoms with van der Waals surface area (Å²) < 4.78 is 26.4. The second kappa shape index (κ2) is 10.5. The van der Waals surface area contributed by atoms with Crippen molar-refractivity contribution in [3.8, 4) is 17.5 Å². The molecular formula is C24H23FN4O4S. The highest BCUT2D eigenvalue weighted by Crippen LogP contribution is 2.32. The van der Waals surface area contributed by atoms with Crippen molar-refractivity contribution in [2.24, 2.45) is 0 Å². The van der Waals surface area contributed by atoms with Gasteiger partial charge in [0.2, 0.25) is 11.8 Å². The quantitative estimate of drug-likeness (QED) is 0.277. The summed E-state index contributed by atoms with van der Waals surface area (Å²) in [5.74, 6) is -0.161. The van der Waals surface area contributed by atoms with Crippen molar-refractivity contribution in [2.75, 3.05) is 13.1 Å². The van der Waals surface area contributed by atoms with E-state index in [1.54, 1.807) is 13.0 Å². The van der Waals surface area contributed by atoms with Gasteiger partial charge in [-0.25, -0.2) is 19.2 Å². The number of ether oxygens (including phenoxy) is 2. The number of carboxylic acid groups (broad SMARTS) is 1. The second-order valence-electron chi connectivity index (χ2n) is 7.69. The van der Waals surface area contributed by atoms with Crippen LogP contribution in [-0.2, 0) is 0 Å². The smallest absolute Gasteiger partial charge is 0.407 e. The van der Waals surface area contributed by atoms with Gasteiger partial charge in [-0.1, -0.05) is 30.0 Å². The lowest BCUT2D eigenvalue weighted by Gasteiger charge is -2.30. The van der Waals surface area contributed by atoms with E-state index in [0.29, 0.717) is 42.9 Å². The van der Waals surface area contributed by atoms with Crippen molar-refractivity contribution >= 4 is 22.9 Å². The molecule has 1 saturated heterocycles. The molecule has 0 aliphatic carbocycles. The Morgan fingerprint density at radius 2 is 1.85 bits per heavy atom. The summed E-state index contributed by atoms with van der Waals surface area (Å²) in [5, 5.41) is 17.6. The number of aromatic nitrogens is 2. The number of hydrogen-bond donors (Lipinski definition) is 2. The van der Waals surface area contributed by atoms with Crippen LogP contribution < -0.4 is 9.47 Å². The number of likely N-dealkylation sites (tertiary alicyclic amines) is 1. The second-order valence-corrected chi connectivity index (χ2v) is 8.77. The van der Waals surface area contributed by atoms with Crippen molar-refractivity contribution in [1.82, 2.24) is 14.9 Å². The Bertz CT molecular complexity index is 1190. The fraction of sp³-hybridized carbons (Fsp3) is 0.250. The zero-order valence-electron chi connectivity index (χ0n) is 18.4. The third-order valence-electron chi connectivity index (χ3n) is 5.35. The molecule has 10 heteroatoms. The van der Waals surface area contributed by atoms with E-state index >= 15 is 0 Å². The lowest BCUT2D eigenvalue weighted by atomic mass is 10.1. The van der Waals surface area contributed by atoms with Gasteiger partial charge >= 0.3 is 6.09 Å². The molecule has 0 atom stereocenters. The van der Waals surface area contributed by atoms with E-state index in [1.807, 2.05) is 30.3 Å². The molecule has 1 aliphatic heterocycles. The Hall–Kier alpha value is -3.66. The van der Waals surface area contributed by atoms with E-state index in [9.17, 15) is 9.18 Å². The summed E-state index contributed by atoms with van der Waals surface area (Å²) in [6, 6.07) is 13.8. The number of halogens is 1. The highest BCUT2D eigenvalue weighted by Gasteiger charge is 2.25. The van der Waals surface area contributed by atoms with Gasteiger partial charge in [0.1, 0.15) is 12.4 Å². The lowest BCUT2D eigenvalue weighted by molar-refractivity contribution is 0.0864. The Balaban J connectivity index is 1.42. The van der Waals surface area contributed by atoms with Crippen molar-refractivity contribution in [3.05, 3.63) is 71.8 Å². The van der Waals surface area contributed by atoms with Gasteiger partial charge in [-0.05, 0) is 37.3 Å². The molecule has 1 fully saturated rings. The highest BCUT2D eigenvalue weighted by molar-refractivity contribution is 8.14. The van der Waals surface area contributed by atoms with E-state index < -0.39 is 11.9 Å². The molecule has 2 N–H and O–H groups in total. The van der Waals surface area contributed by atoms with Gasteiger partial charge in [0.05, 0.1) is 10.6 Å². The van der Waals surface area contributed by atoms with Gasteiger partial charge in [0, 0.05) is 36.4 Å². The number of nitrogens with zero attached hydrogens (tertiary/aromatic N) is 3. The summed E-state index contributed by atoms with van der Waals surface area (Å²) in [6.07, 6.45) is 1.27. The van der Waals surface area contributed by atoms with Crippen molar-refractivity contribution in [3.63, 3.8) is 0 Å². The van der Waals surface area contributed by atoms with Gasteiger partial charge in [-0.15, -0.1) is 0 Å². The van der Waals surface area contributed by atoms with E-state index in [-0.39, 0.29) is 22.8 Å². The lowest BCUT2D eigenvalue weighted by Crippen LogP contribution is -2.41. The van der Waals surface area contributed by atoms with Gasteiger partial charge in [-0.3, -0.25) is 5.41 Å². The van der Waals surface area contributed by atoms with E-state index in [1.165, 1.54) is 35.1 Å². The molecular weight excluding hydrogens is 459 g/mol. The molecule has 1 aliphatic rings. The van der Waals surface area contributed by atoms with Gasteiger partial charge < -0.3 is 19.5 Å². The molecule has 1 aromatic heterocycles. The van der Waals surface area contributed by atoms with E-state index in [0.717, 1.165) is 4.90 Å². The van der Waals surface area contributed by atoms with Crippen LogP contribution in [0.3, 0.4) is 0 Å². The normalized spacial score (nSPS) is 14.0. The Labute approximate surface area is 200 Å². The average Bonchev–Trinajstić information content (AvgIpc) is 2.83. The third kappa shape index (κ3) is 5.63. The van der Waals surface area contributed by atoms with Crippen LogP contribution in [0.25, 0.3) is 0 Å². The molecule has 4 rings (SSSR count). The van der Waals surface area contributed by atoms with Gasteiger partial charge in [0.15, 0.2) is 11.6 Å². The van der Waals surface area contributed by atoms with Crippen LogP contribution >= 0.6 is 11.8 Å². The van der Waals surface area contributed by atoms with Crippen molar-refractivity contribution < 1.29 is 23.8 Å². The molecule has 1 amide bonds. The van der Waals surface area contributed by atoms with E-state index in [4.69, 9.17) is 20.0 Å². The predicted octanol–water partition coefficient (Wildman–Crippen LogP) is 5.36. The number of thioether (sulfide) groups is 1. The number of hydrogen-bond acceptors (Lipinski definition) is 7. The van der Waals surface area contributed by atoms with E-state index in [2.05, 4.69) is 9.97 Å². The highest BCUT2D eigenvalue weighted by atomic mass is 32.2. The number of carbonyl (C=O) groups is 1. The maximum atomic E-state index is 14.8. The zero-order chi connectivity index (χ0) is 24.1. The molecule has 0 saturated carbocycles. The van der Waals surface area contributed by atoms with Crippen LogP contribution in [-0.4, -0.2) is 50.3 Å². The van der Waals surface area contributed by atoms with Crippen LogP contribution in [0.4, 0.5) is 9.18 Å². The van der Waals surface area contributed by atoms with Gasteiger partial charge in [0.25, 0.3) is 0 Å².